The molecule has 0 spiro atoms. The zero-order valence-corrected chi connectivity index (χ0v) is 13.9. The fourth-order valence-electron chi connectivity index (χ4n) is 2.99. The number of halogens is 1. The zero-order chi connectivity index (χ0) is 14.5. The number of aryl methyl sites for hydroxylation is 1. The van der Waals surface area contributed by atoms with Crippen molar-refractivity contribution in [3.63, 3.8) is 0 Å². The van der Waals surface area contributed by atoms with Crippen LogP contribution in [-0.2, 0) is 11.2 Å². The van der Waals surface area contributed by atoms with Gasteiger partial charge < -0.3 is 10.6 Å². The maximum absolute atomic E-state index is 12.4. The van der Waals surface area contributed by atoms with Crippen molar-refractivity contribution in [2.75, 3.05) is 13.1 Å². The lowest BCUT2D eigenvalue weighted by atomic mass is 9.95. The predicted octanol–water partition coefficient (Wildman–Crippen LogP) is 3.11. The number of nitrogens with two attached hydrogens (primary N) is 1. The standard InChI is InChI=1S/C17H26N2O.ClH/c1-3-14-6-8-15(9-7-14)13(2)11-17(20)19-10-4-5-16(19)12-18;/h6-9,13,16H,3-5,10-12,18H2,1-2H3;1H. The first-order chi connectivity index (χ1) is 9.65. The van der Waals surface area contributed by atoms with Gasteiger partial charge in [0.2, 0.25) is 5.91 Å². The Morgan fingerprint density at radius 2 is 2.05 bits per heavy atom. The van der Waals surface area contributed by atoms with E-state index in [0.717, 1.165) is 25.8 Å². The van der Waals surface area contributed by atoms with E-state index in [-0.39, 0.29) is 30.3 Å². The van der Waals surface area contributed by atoms with Crippen LogP contribution in [0, 0.1) is 0 Å². The molecule has 3 nitrogen and oxygen atoms in total. The molecule has 2 unspecified atom stereocenters. The summed E-state index contributed by atoms with van der Waals surface area (Å²) >= 11 is 0. The van der Waals surface area contributed by atoms with Crippen molar-refractivity contribution < 1.29 is 4.79 Å². The topological polar surface area (TPSA) is 46.3 Å². The smallest absolute Gasteiger partial charge is 0.223 e. The quantitative estimate of drug-likeness (QED) is 0.908. The zero-order valence-electron chi connectivity index (χ0n) is 13.0. The summed E-state index contributed by atoms with van der Waals surface area (Å²) in [7, 11) is 0. The number of hydrogen-bond acceptors (Lipinski definition) is 2. The van der Waals surface area contributed by atoms with Crippen LogP contribution in [0.15, 0.2) is 24.3 Å². The van der Waals surface area contributed by atoms with Crippen molar-refractivity contribution in [3.8, 4) is 0 Å². The van der Waals surface area contributed by atoms with Crippen LogP contribution in [0.2, 0.25) is 0 Å². The lowest BCUT2D eigenvalue weighted by Gasteiger charge is -2.25. The molecule has 118 valence electrons. The van der Waals surface area contributed by atoms with Gasteiger partial charge in [-0.25, -0.2) is 0 Å². The van der Waals surface area contributed by atoms with Crippen molar-refractivity contribution in [2.45, 2.75) is 51.5 Å². The highest BCUT2D eigenvalue weighted by atomic mass is 35.5. The Morgan fingerprint density at radius 3 is 2.62 bits per heavy atom. The number of amides is 1. The molecule has 1 heterocycles. The fraction of sp³-hybridized carbons (Fsp3) is 0.588. The molecule has 0 bridgehead atoms. The second-order valence-electron chi connectivity index (χ2n) is 5.82. The lowest BCUT2D eigenvalue weighted by molar-refractivity contribution is -0.132. The second-order valence-corrected chi connectivity index (χ2v) is 5.82. The van der Waals surface area contributed by atoms with Gasteiger partial charge in [0, 0.05) is 25.6 Å². The normalized spacial score (nSPS) is 19.2. The first-order valence-electron chi connectivity index (χ1n) is 7.74. The van der Waals surface area contributed by atoms with Gasteiger partial charge in [-0.05, 0) is 36.3 Å². The van der Waals surface area contributed by atoms with Crippen molar-refractivity contribution in [1.82, 2.24) is 4.90 Å². The molecule has 1 saturated heterocycles. The average molecular weight is 311 g/mol. The first kappa shape index (κ1) is 18.0. The molecule has 1 amide bonds. The third-order valence-electron chi connectivity index (χ3n) is 4.41. The molecule has 1 fully saturated rings. The van der Waals surface area contributed by atoms with E-state index in [9.17, 15) is 4.79 Å². The number of carbonyl (C=O) groups is 1. The van der Waals surface area contributed by atoms with Crippen LogP contribution in [0.1, 0.15) is 50.2 Å². The molecular formula is C17H27ClN2O. The third-order valence-corrected chi connectivity index (χ3v) is 4.41. The summed E-state index contributed by atoms with van der Waals surface area (Å²) in [5.74, 6) is 0.525. The number of carbonyl (C=O) groups excluding carboxylic acids is 1. The van der Waals surface area contributed by atoms with E-state index < -0.39 is 0 Å². The summed E-state index contributed by atoms with van der Waals surface area (Å²) in [5, 5.41) is 0. The third kappa shape index (κ3) is 4.45. The van der Waals surface area contributed by atoms with E-state index in [1.54, 1.807) is 0 Å². The summed E-state index contributed by atoms with van der Waals surface area (Å²) in [4.78, 5) is 14.4. The Hall–Kier alpha value is -1.06. The monoisotopic (exact) mass is 310 g/mol. The van der Waals surface area contributed by atoms with Gasteiger partial charge in [-0.3, -0.25) is 4.79 Å². The Balaban J connectivity index is 0.00000220. The first-order valence-corrected chi connectivity index (χ1v) is 7.74. The maximum atomic E-state index is 12.4. The lowest BCUT2D eigenvalue weighted by Crippen LogP contribution is -2.40. The Morgan fingerprint density at radius 1 is 1.38 bits per heavy atom. The Kier molecular flexibility index (Phi) is 7.20. The van der Waals surface area contributed by atoms with E-state index in [0.29, 0.717) is 13.0 Å². The maximum Gasteiger partial charge on any atom is 0.223 e. The van der Waals surface area contributed by atoms with Gasteiger partial charge in [-0.2, -0.15) is 0 Å². The van der Waals surface area contributed by atoms with E-state index in [2.05, 4.69) is 38.1 Å². The van der Waals surface area contributed by atoms with Crippen LogP contribution in [0.5, 0.6) is 0 Å². The van der Waals surface area contributed by atoms with Crippen LogP contribution in [-0.4, -0.2) is 29.9 Å². The SMILES string of the molecule is CCc1ccc(C(C)CC(=O)N2CCCC2CN)cc1.Cl. The van der Waals surface area contributed by atoms with Gasteiger partial charge in [0.25, 0.3) is 0 Å². The minimum absolute atomic E-state index is 0. The van der Waals surface area contributed by atoms with E-state index in [4.69, 9.17) is 5.73 Å². The highest BCUT2D eigenvalue weighted by molar-refractivity contribution is 5.85. The van der Waals surface area contributed by atoms with Crippen LogP contribution >= 0.6 is 12.4 Å². The summed E-state index contributed by atoms with van der Waals surface area (Å²) in [6.45, 7) is 5.75. The summed E-state index contributed by atoms with van der Waals surface area (Å²) in [6.07, 6.45) is 3.79. The molecular weight excluding hydrogens is 284 g/mol. The number of rotatable bonds is 5. The van der Waals surface area contributed by atoms with Gasteiger partial charge in [0.1, 0.15) is 0 Å². The van der Waals surface area contributed by atoms with Crippen molar-refractivity contribution in [1.29, 1.82) is 0 Å². The van der Waals surface area contributed by atoms with Gasteiger partial charge in [0.15, 0.2) is 0 Å². The number of benzene rings is 1. The minimum Gasteiger partial charge on any atom is -0.338 e. The van der Waals surface area contributed by atoms with Crippen molar-refractivity contribution in [3.05, 3.63) is 35.4 Å². The van der Waals surface area contributed by atoms with E-state index in [1.165, 1.54) is 11.1 Å². The van der Waals surface area contributed by atoms with Crippen molar-refractivity contribution >= 4 is 18.3 Å². The molecule has 1 aliphatic heterocycles. The molecule has 0 radical (unpaired) electrons. The minimum atomic E-state index is 0. The number of likely N-dealkylation sites (tertiary alicyclic amines) is 1. The highest BCUT2D eigenvalue weighted by Crippen LogP contribution is 2.24. The molecule has 0 saturated carbocycles. The van der Waals surface area contributed by atoms with Crippen LogP contribution in [0.25, 0.3) is 0 Å². The molecule has 2 atom stereocenters. The molecule has 1 aromatic rings. The second kappa shape index (κ2) is 8.40. The van der Waals surface area contributed by atoms with E-state index >= 15 is 0 Å². The van der Waals surface area contributed by atoms with Gasteiger partial charge >= 0.3 is 0 Å². The molecule has 21 heavy (non-hydrogen) atoms. The summed E-state index contributed by atoms with van der Waals surface area (Å²) < 4.78 is 0. The largest absolute Gasteiger partial charge is 0.338 e. The van der Waals surface area contributed by atoms with Gasteiger partial charge in [-0.15, -0.1) is 12.4 Å². The van der Waals surface area contributed by atoms with Gasteiger partial charge in [0.05, 0.1) is 0 Å². The average Bonchev–Trinajstić information content (AvgIpc) is 2.95. The summed E-state index contributed by atoms with van der Waals surface area (Å²) in [6, 6.07) is 8.89. The number of nitrogens with zero attached hydrogens (tertiary/aromatic N) is 1. The fourth-order valence-corrected chi connectivity index (χ4v) is 2.99. The molecule has 0 aliphatic carbocycles. The van der Waals surface area contributed by atoms with E-state index in [1.807, 2.05) is 4.90 Å². The Bertz CT molecular complexity index is 447. The molecule has 2 N–H and O–H groups in total. The van der Waals surface area contributed by atoms with Crippen LogP contribution < -0.4 is 5.73 Å². The summed E-state index contributed by atoms with van der Waals surface area (Å²) in [5.41, 5.74) is 8.33. The Labute approximate surface area is 134 Å². The van der Waals surface area contributed by atoms with Crippen molar-refractivity contribution in [2.24, 2.45) is 5.73 Å². The predicted molar refractivity (Wildman–Crippen MR) is 89.9 cm³/mol. The van der Waals surface area contributed by atoms with Crippen LogP contribution in [0.3, 0.4) is 0 Å². The molecule has 4 heteroatoms. The molecule has 0 aromatic heterocycles. The molecule has 1 aromatic carbocycles. The van der Waals surface area contributed by atoms with Crippen LogP contribution in [0.4, 0.5) is 0 Å². The highest BCUT2D eigenvalue weighted by Gasteiger charge is 2.28. The van der Waals surface area contributed by atoms with Gasteiger partial charge in [-0.1, -0.05) is 38.1 Å². The molecule has 2 rings (SSSR count). The molecule has 1 aliphatic rings. The number of hydrogen-bond donors (Lipinski definition) is 1.